The van der Waals surface area contributed by atoms with Crippen molar-refractivity contribution in [2.24, 2.45) is 0 Å². The molecular formula is C14H17N5O2. The molecule has 7 nitrogen and oxygen atoms in total. The molecular weight excluding hydrogens is 270 g/mol. The summed E-state index contributed by atoms with van der Waals surface area (Å²) in [6.07, 6.45) is 4.15. The molecule has 0 saturated heterocycles. The van der Waals surface area contributed by atoms with Gasteiger partial charge in [-0.25, -0.2) is 4.79 Å². The Hall–Kier alpha value is -2.70. The Morgan fingerprint density at radius 3 is 2.62 bits per heavy atom. The smallest absolute Gasteiger partial charge is 0.319 e. The Bertz CT molecular complexity index is 592. The van der Waals surface area contributed by atoms with E-state index in [1.165, 1.54) is 6.92 Å². The fraction of sp³-hybridized carbons (Fsp3) is 0.286. The zero-order chi connectivity index (χ0) is 15.1. The number of carbonyl (C=O) groups excluding carboxylic acids is 2. The molecule has 2 amide bonds. The molecule has 2 aromatic rings. The van der Waals surface area contributed by atoms with Crippen molar-refractivity contribution in [3.63, 3.8) is 0 Å². The summed E-state index contributed by atoms with van der Waals surface area (Å²) in [6.45, 7) is 2.75. The highest BCUT2D eigenvalue weighted by atomic mass is 16.2. The highest BCUT2D eigenvalue weighted by molar-refractivity contribution is 5.95. The summed E-state index contributed by atoms with van der Waals surface area (Å²) in [5.74, 6) is -0.000822. The number of carbonyl (C=O) groups is 2. The van der Waals surface area contributed by atoms with Crippen molar-refractivity contribution in [2.45, 2.75) is 19.9 Å². The molecule has 1 heterocycles. The molecule has 0 unspecified atom stereocenters. The minimum Gasteiger partial charge on any atom is -0.338 e. The van der Waals surface area contributed by atoms with Gasteiger partial charge in [-0.05, 0) is 37.6 Å². The maximum absolute atomic E-state index is 11.7. The van der Waals surface area contributed by atoms with Crippen molar-refractivity contribution in [1.82, 2.24) is 20.3 Å². The van der Waals surface area contributed by atoms with Crippen LogP contribution in [0.5, 0.6) is 0 Å². The number of aryl methyl sites for hydroxylation is 1. The van der Waals surface area contributed by atoms with Gasteiger partial charge >= 0.3 is 6.03 Å². The number of nitrogens with zero attached hydrogens (tertiary/aromatic N) is 3. The first-order chi connectivity index (χ1) is 10.1. The molecule has 0 spiro atoms. The van der Waals surface area contributed by atoms with E-state index in [0.717, 1.165) is 6.42 Å². The van der Waals surface area contributed by atoms with E-state index >= 15 is 0 Å². The van der Waals surface area contributed by atoms with Crippen molar-refractivity contribution >= 4 is 17.5 Å². The summed E-state index contributed by atoms with van der Waals surface area (Å²) in [7, 11) is 0. The van der Waals surface area contributed by atoms with Crippen LogP contribution in [0.15, 0.2) is 36.7 Å². The maximum atomic E-state index is 11.7. The molecule has 2 rings (SSSR count). The summed E-state index contributed by atoms with van der Waals surface area (Å²) in [5, 5.41) is 13.0. The number of anilines is 1. The number of aromatic nitrogens is 3. The van der Waals surface area contributed by atoms with E-state index in [-0.39, 0.29) is 11.8 Å². The van der Waals surface area contributed by atoms with Gasteiger partial charge in [-0.2, -0.15) is 0 Å². The number of amides is 2. The number of hydrogen-bond acceptors (Lipinski definition) is 4. The molecule has 1 aromatic heterocycles. The second kappa shape index (κ2) is 7.18. The van der Waals surface area contributed by atoms with Gasteiger partial charge in [-0.1, -0.05) is 5.21 Å². The van der Waals surface area contributed by atoms with Crippen LogP contribution in [0.3, 0.4) is 0 Å². The van der Waals surface area contributed by atoms with Crippen LogP contribution in [-0.4, -0.2) is 33.4 Å². The summed E-state index contributed by atoms with van der Waals surface area (Å²) < 4.78 is 1.71. The monoisotopic (exact) mass is 287 g/mol. The predicted octanol–water partition coefficient (Wildman–Crippen LogP) is 1.69. The Morgan fingerprint density at radius 1 is 1.24 bits per heavy atom. The average molecular weight is 287 g/mol. The van der Waals surface area contributed by atoms with Gasteiger partial charge in [-0.15, -0.1) is 5.10 Å². The third-order valence-corrected chi connectivity index (χ3v) is 2.87. The number of ketones is 1. The van der Waals surface area contributed by atoms with E-state index in [1.807, 2.05) is 0 Å². The van der Waals surface area contributed by atoms with Gasteiger partial charge in [0.1, 0.15) is 0 Å². The molecule has 110 valence electrons. The third-order valence-electron chi connectivity index (χ3n) is 2.87. The van der Waals surface area contributed by atoms with Crippen molar-refractivity contribution in [1.29, 1.82) is 0 Å². The number of nitrogens with one attached hydrogen (secondary N) is 2. The van der Waals surface area contributed by atoms with Gasteiger partial charge in [0.2, 0.25) is 0 Å². The Labute approximate surface area is 122 Å². The lowest BCUT2D eigenvalue weighted by Gasteiger charge is -2.08. The van der Waals surface area contributed by atoms with Crippen LogP contribution in [0.25, 0.3) is 0 Å². The Morgan fingerprint density at radius 2 is 2.00 bits per heavy atom. The molecule has 0 aliphatic rings. The topological polar surface area (TPSA) is 88.9 Å². The molecule has 7 heteroatoms. The predicted molar refractivity (Wildman–Crippen MR) is 78.1 cm³/mol. The molecule has 0 aliphatic carbocycles. The molecule has 0 fully saturated rings. The van der Waals surface area contributed by atoms with Gasteiger partial charge in [0.25, 0.3) is 0 Å². The normalized spacial score (nSPS) is 10.1. The molecule has 0 bridgehead atoms. The van der Waals surface area contributed by atoms with Crippen LogP contribution in [0.2, 0.25) is 0 Å². The molecule has 1 aromatic carbocycles. The van der Waals surface area contributed by atoms with Crippen molar-refractivity contribution in [3.8, 4) is 0 Å². The summed E-state index contributed by atoms with van der Waals surface area (Å²) in [4.78, 5) is 22.8. The SMILES string of the molecule is CC(=O)c1ccc(NC(=O)NCCCn2ccnn2)cc1. The van der Waals surface area contributed by atoms with Gasteiger partial charge < -0.3 is 10.6 Å². The lowest BCUT2D eigenvalue weighted by Crippen LogP contribution is -2.30. The highest BCUT2D eigenvalue weighted by Gasteiger charge is 2.03. The largest absolute Gasteiger partial charge is 0.338 e. The zero-order valence-corrected chi connectivity index (χ0v) is 11.7. The average Bonchev–Trinajstić information content (AvgIpc) is 2.97. The van der Waals surface area contributed by atoms with Crippen LogP contribution in [0, 0.1) is 0 Å². The lowest BCUT2D eigenvalue weighted by molar-refractivity contribution is 0.101. The summed E-state index contributed by atoms with van der Waals surface area (Å²) in [5.41, 5.74) is 1.27. The number of urea groups is 1. The third kappa shape index (κ3) is 4.72. The van der Waals surface area contributed by atoms with E-state index in [0.29, 0.717) is 24.3 Å². The first-order valence-corrected chi connectivity index (χ1v) is 6.65. The molecule has 0 saturated carbocycles. The van der Waals surface area contributed by atoms with Crippen LogP contribution in [0.1, 0.15) is 23.7 Å². The van der Waals surface area contributed by atoms with E-state index < -0.39 is 0 Å². The first kappa shape index (κ1) is 14.7. The van der Waals surface area contributed by atoms with Crippen LogP contribution < -0.4 is 10.6 Å². The van der Waals surface area contributed by atoms with E-state index in [2.05, 4.69) is 20.9 Å². The second-order valence-corrected chi connectivity index (χ2v) is 4.53. The molecule has 0 atom stereocenters. The second-order valence-electron chi connectivity index (χ2n) is 4.53. The molecule has 2 N–H and O–H groups in total. The standard InChI is InChI=1S/C14H17N5O2/c1-11(20)12-3-5-13(6-4-12)17-14(21)15-7-2-9-19-10-8-16-18-19/h3-6,8,10H,2,7,9H2,1H3,(H2,15,17,21). The Balaban J connectivity index is 1.70. The first-order valence-electron chi connectivity index (χ1n) is 6.65. The van der Waals surface area contributed by atoms with Crippen LogP contribution in [0.4, 0.5) is 10.5 Å². The highest BCUT2D eigenvalue weighted by Crippen LogP contribution is 2.09. The van der Waals surface area contributed by atoms with Crippen LogP contribution in [-0.2, 0) is 6.54 Å². The van der Waals surface area contributed by atoms with Gasteiger partial charge in [0, 0.05) is 30.5 Å². The number of hydrogen-bond donors (Lipinski definition) is 2. The molecule has 0 radical (unpaired) electrons. The lowest BCUT2D eigenvalue weighted by atomic mass is 10.1. The molecule has 0 aliphatic heterocycles. The zero-order valence-electron chi connectivity index (χ0n) is 11.7. The minimum atomic E-state index is -0.274. The number of benzene rings is 1. The summed E-state index contributed by atoms with van der Waals surface area (Å²) in [6, 6.07) is 6.49. The van der Waals surface area contributed by atoms with Crippen LogP contribution >= 0.6 is 0 Å². The van der Waals surface area contributed by atoms with Gasteiger partial charge in [0.05, 0.1) is 6.20 Å². The fourth-order valence-corrected chi connectivity index (χ4v) is 1.76. The maximum Gasteiger partial charge on any atom is 0.319 e. The summed E-state index contributed by atoms with van der Waals surface area (Å²) >= 11 is 0. The number of rotatable bonds is 6. The van der Waals surface area contributed by atoms with Gasteiger partial charge in [-0.3, -0.25) is 9.48 Å². The number of Topliss-reactive ketones (excluding diaryl/α,β-unsaturated/α-hetero) is 1. The van der Waals surface area contributed by atoms with Crippen molar-refractivity contribution in [2.75, 3.05) is 11.9 Å². The van der Waals surface area contributed by atoms with Crippen molar-refractivity contribution in [3.05, 3.63) is 42.2 Å². The van der Waals surface area contributed by atoms with Crippen molar-refractivity contribution < 1.29 is 9.59 Å². The minimum absolute atomic E-state index is 0.000822. The Kier molecular flexibility index (Phi) is 5.03. The fourth-order valence-electron chi connectivity index (χ4n) is 1.76. The van der Waals surface area contributed by atoms with E-state index in [1.54, 1.807) is 41.3 Å². The van der Waals surface area contributed by atoms with E-state index in [9.17, 15) is 9.59 Å². The van der Waals surface area contributed by atoms with E-state index in [4.69, 9.17) is 0 Å². The quantitative estimate of drug-likeness (QED) is 0.625. The van der Waals surface area contributed by atoms with Gasteiger partial charge in [0.15, 0.2) is 5.78 Å². The molecule has 21 heavy (non-hydrogen) atoms.